The minimum atomic E-state index is -4.56. The normalized spacial score (nSPS) is 20.3. The molecule has 2 aliphatic rings. The average Bonchev–Trinajstić information content (AvgIpc) is 3.64. The molecule has 2 fully saturated rings. The molecule has 9 heteroatoms. The summed E-state index contributed by atoms with van der Waals surface area (Å²) in [4.78, 5) is 18.7. The van der Waals surface area contributed by atoms with Crippen molar-refractivity contribution in [3.8, 4) is 0 Å². The third-order valence-electron chi connectivity index (χ3n) is 6.37. The van der Waals surface area contributed by atoms with Crippen LogP contribution in [0.1, 0.15) is 41.7 Å². The van der Waals surface area contributed by atoms with Gasteiger partial charge < -0.3 is 15.5 Å². The second-order valence-corrected chi connectivity index (χ2v) is 9.36. The van der Waals surface area contributed by atoms with Crippen molar-refractivity contribution in [1.82, 2.24) is 10.3 Å². The molecule has 1 aromatic heterocycles. The van der Waals surface area contributed by atoms with Gasteiger partial charge in [0.1, 0.15) is 5.69 Å². The monoisotopic (exact) mass is 488 g/mol. The molecule has 3 aromatic rings. The number of hydrogen-bond acceptors (Lipinski definition) is 4. The third-order valence-corrected chi connectivity index (χ3v) is 6.61. The molecule has 2 aromatic carbocycles. The fourth-order valence-electron chi connectivity index (χ4n) is 4.54. The zero-order valence-corrected chi connectivity index (χ0v) is 19.1. The quantitative estimate of drug-likeness (QED) is 0.440. The van der Waals surface area contributed by atoms with E-state index in [-0.39, 0.29) is 23.5 Å². The molecule has 178 valence electrons. The lowest BCUT2D eigenvalue weighted by molar-refractivity contribution is -0.140. The van der Waals surface area contributed by atoms with Gasteiger partial charge in [0.05, 0.1) is 5.52 Å². The molecule has 0 radical (unpaired) electrons. The van der Waals surface area contributed by atoms with Gasteiger partial charge in [-0.05, 0) is 74.2 Å². The van der Waals surface area contributed by atoms with E-state index in [1.54, 1.807) is 6.07 Å². The zero-order chi connectivity index (χ0) is 23.9. The molecule has 0 spiro atoms. The zero-order valence-electron chi connectivity index (χ0n) is 18.3. The Morgan fingerprint density at radius 1 is 1.03 bits per heavy atom. The molecule has 1 aliphatic carbocycles. The molecule has 1 amide bonds. The van der Waals surface area contributed by atoms with E-state index in [1.165, 1.54) is 12.1 Å². The Hall–Kier alpha value is -3.00. The second kappa shape index (κ2) is 8.98. The van der Waals surface area contributed by atoms with Gasteiger partial charge in [-0.3, -0.25) is 4.79 Å². The van der Waals surface area contributed by atoms with Crippen LogP contribution in [0.15, 0.2) is 48.5 Å². The molecular weight excluding hydrogens is 465 g/mol. The molecule has 2 atom stereocenters. The van der Waals surface area contributed by atoms with Gasteiger partial charge in [0, 0.05) is 52.5 Å². The van der Waals surface area contributed by atoms with E-state index in [1.807, 2.05) is 24.3 Å². The molecule has 2 heterocycles. The highest BCUT2D eigenvalue weighted by molar-refractivity contribution is 6.31. The predicted octanol–water partition coefficient (Wildman–Crippen LogP) is 5.88. The van der Waals surface area contributed by atoms with Crippen LogP contribution in [0, 0.1) is 0 Å². The maximum absolute atomic E-state index is 13.4. The van der Waals surface area contributed by atoms with Crippen LogP contribution in [0.25, 0.3) is 10.9 Å². The molecule has 1 saturated carbocycles. The Bertz CT molecular complexity index is 1210. The number of alkyl halides is 3. The van der Waals surface area contributed by atoms with Gasteiger partial charge in [-0.15, -0.1) is 0 Å². The van der Waals surface area contributed by atoms with Crippen LogP contribution in [0.2, 0.25) is 5.02 Å². The number of amides is 1. The lowest BCUT2D eigenvalue weighted by Crippen LogP contribution is -2.41. The summed E-state index contributed by atoms with van der Waals surface area (Å²) < 4.78 is 40.3. The van der Waals surface area contributed by atoms with Crippen LogP contribution in [0.4, 0.5) is 24.5 Å². The van der Waals surface area contributed by atoms with E-state index in [0.29, 0.717) is 28.1 Å². The Morgan fingerprint density at radius 3 is 2.47 bits per heavy atom. The summed E-state index contributed by atoms with van der Waals surface area (Å²) in [5.74, 6) is -0.136. The fraction of sp³-hybridized carbons (Fsp3) is 0.360. The first-order chi connectivity index (χ1) is 16.3. The number of nitrogens with one attached hydrogen (secondary N) is 2. The molecule has 0 bridgehead atoms. The number of fused-ring (bicyclic) bond motifs is 1. The van der Waals surface area contributed by atoms with Crippen molar-refractivity contribution in [2.24, 2.45) is 0 Å². The van der Waals surface area contributed by atoms with E-state index in [2.05, 4.69) is 20.5 Å². The second-order valence-electron chi connectivity index (χ2n) is 8.93. The molecule has 0 unspecified atom stereocenters. The van der Waals surface area contributed by atoms with Gasteiger partial charge in [0.2, 0.25) is 0 Å². The maximum Gasteiger partial charge on any atom is 0.433 e. The first kappa shape index (κ1) is 22.8. The highest BCUT2D eigenvalue weighted by Crippen LogP contribution is 2.35. The molecule has 5 nitrogen and oxygen atoms in total. The predicted molar refractivity (Wildman–Crippen MR) is 128 cm³/mol. The Labute approximate surface area is 200 Å². The van der Waals surface area contributed by atoms with Crippen LogP contribution in [-0.2, 0) is 6.18 Å². The summed E-state index contributed by atoms with van der Waals surface area (Å²) in [6.45, 7) is 2.09. The highest BCUT2D eigenvalue weighted by atomic mass is 35.5. The molecule has 1 aliphatic heterocycles. The van der Waals surface area contributed by atoms with Crippen LogP contribution in [-0.4, -0.2) is 36.1 Å². The molecule has 5 rings (SSSR count). The average molecular weight is 489 g/mol. The lowest BCUT2D eigenvalue weighted by Gasteiger charge is -2.31. The van der Waals surface area contributed by atoms with Gasteiger partial charge in [-0.1, -0.05) is 11.6 Å². The number of anilines is 2. The number of carbonyl (C=O) groups excluding carboxylic acids is 1. The smallest absolute Gasteiger partial charge is 0.382 e. The van der Waals surface area contributed by atoms with E-state index in [0.717, 1.165) is 44.1 Å². The minimum absolute atomic E-state index is 0.0654. The number of nitrogens with zero attached hydrogens (tertiary/aromatic N) is 2. The molecular formula is C25H24ClF3N4O. The highest BCUT2D eigenvalue weighted by Gasteiger charge is 2.34. The van der Waals surface area contributed by atoms with Crippen molar-refractivity contribution in [2.75, 3.05) is 23.3 Å². The lowest BCUT2D eigenvalue weighted by atomic mass is 9.90. The van der Waals surface area contributed by atoms with Crippen LogP contribution in [0.3, 0.4) is 0 Å². The third kappa shape index (κ3) is 5.06. The number of hydrogen-bond donors (Lipinski definition) is 2. The van der Waals surface area contributed by atoms with Crippen LogP contribution >= 0.6 is 11.6 Å². The fourth-order valence-corrected chi connectivity index (χ4v) is 4.71. The number of aromatic nitrogens is 1. The minimum Gasteiger partial charge on any atom is -0.382 e. The Kier molecular flexibility index (Phi) is 6.02. The number of pyridine rings is 1. The summed E-state index contributed by atoms with van der Waals surface area (Å²) in [5.41, 5.74) is 1.35. The van der Waals surface area contributed by atoms with Gasteiger partial charge in [0.25, 0.3) is 5.91 Å². The number of halogens is 4. The summed E-state index contributed by atoms with van der Waals surface area (Å²) in [6, 6.07) is 13.1. The number of carbonyl (C=O) groups is 1. The first-order valence-corrected chi connectivity index (χ1v) is 11.7. The standard InChI is InChI=1S/C25H24ClF3N4O/c26-16-6-9-21-20(12-16)22(14-23(32-21)25(27,28)29)30-17-2-1-3-18(13-17)31-24(34)15-4-7-19(8-5-15)33-10-11-33/h4-9,12,14,17-18H,1-3,10-11,13H2,(H,30,32)(H,31,34)/t17-,18+/m0/s1. The SMILES string of the molecule is O=C(N[C@@H]1CCC[C@H](Nc2cc(C(F)(F)F)nc3ccc(Cl)cc23)C1)c1ccc(N2CC2)cc1. The summed E-state index contributed by atoms with van der Waals surface area (Å²) in [6.07, 6.45) is -1.47. The van der Waals surface area contributed by atoms with Crippen molar-refractivity contribution in [2.45, 2.75) is 43.9 Å². The van der Waals surface area contributed by atoms with Crippen molar-refractivity contribution in [3.05, 3.63) is 64.8 Å². The van der Waals surface area contributed by atoms with Crippen LogP contribution in [0.5, 0.6) is 0 Å². The Balaban J connectivity index is 1.30. The maximum atomic E-state index is 13.4. The number of rotatable bonds is 5. The van der Waals surface area contributed by atoms with Crippen molar-refractivity contribution in [3.63, 3.8) is 0 Å². The summed E-state index contributed by atoms with van der Waals surface area (Å²) in [5, 5.41) is 7.34. The van der Waals surface area contributed by atoms with E-state index in [9.17, 15) is 18.0 Å². The summed E-state index contributed by atoms with van der Waals surface area (Å²) >= 11 is 6.10. The largest absolute Gasteiger partial charge is 0.433 e. The van der Waals surface area contributed by atoms with Crippen molar-refractivity contribution >= 4 is 39.8 Å². The van der Waals surface area contributed by atoms with Gasteiger partial charge >= 0.3 is 6.18 Å². The topological polar surface area (TPSA) is 57.0 Å². The van der Waals surface area contributed by atoms with Crippen LogP contribution < -0.4 is 15.5 Å². The van der Waals surface area contributed by atoms with Crippen molar-refractivity contribution in [1.29, 1.82) is 0 Å². The molecule has 34 heavy (non-hydrogen) atoms. The van der Waals surface area contributed by atoms with E-state index < -0.39 is 11.9 Å². The summed E-state index contributed by atoms with van der Waals surface area (Å²) in [7, 11) is 0. The molecule has 2 N–H and O–H groups in total. The van der Waals surface area contributed by atoms with Crippen molar-refractivity contribution < 1.29 is 18.0 Å². The molecule has 1 saturated heterocycles. The van der Waals surface area contributed by atoms with E-state index >= 15 is 0 Å². The van der Waals surface area contributed by atoms with Gasteiger partial charge in [-0.25, -0.2) is 4.98 Å². The first-order valence-electron chi connectivity index (χ1n) is 11.4. The van der Waals surface area contributed by atoms with E-state index in [4.69, 9.17) is 11.6 Å². The van der Waals surface area contributed by atoms with Gasteiger partial charge in [-0.2, -0.15) is 13.2 Å². The number of benzene rings is 2. The Morgan fingerprint density at radius 2 is 1.76 bits per heavy atom. The van der Waals surface area contributed by atoms with Gasteiger partial charge in [0.15, 0.2) is 0 Å².